The lowest BCUT2D eigenvalue weighted by Crippen LogP contribution is -2.43. The lowest BCUT2D eigenvalue weighted by Gasteiger charge is -2.20. The van der Waals surface area contributed by atoms with E-state index in [4.69, 9.17) is 0 Å². The molecule has 1 N–H and O–H groups in total. The van der Waals surface area contributed by atoms with Crippen molar-refractivity contribution in [2.45, 2.75) is 25.3 Å². The number of amides is 1. The summed E-state index contributed by atoms with van der Waals surface area (Å²) in [4.78, 5) is 13.7. The van der Waals surface area contributed by atoms with Gasteiger partial charge in [0, 0.05) is 25.2 Å². The first kappa shape index (κ1) is 13.1. The summed E-state index contributed by atoms with van der Waals surface area (Å²) in [5.41, 5.74) is 0. The van der Waals surface area contributed by atoms with E-state index in [0.717, 1.165) is 24.1 Å². The van der Waals surface area contributed by atoms with E-state index in [1.807, 2.05) is 11.9 Å². The Morgan fingerprint density at radius 1 is 1.53 bits per heavy atom. The lowest BCUT2D eigenvalue weighted by atomic mass is 10.2. The number of nitrogens with one attached hydrogen (secondary N) is 1. The predicted molar refractivity (Wildman–Crippen MR) is 66.5 cm³/mol. The number of carbonyl (C=O) groups excluding carboxylic acids is 1. The summed E-state index contributed by atoms with van der Waals surface area (Å²) in [6, 6.07) is 0.0733. The zero-order chi connectivity index (χ0) is 9.97. The smallest absolute Gasteiger partial charge is 0.240 e. The Labute approximate surface area is 102 Å². The molecule has 0 aromatic heterocycles. The molecular weight excluding hydrogens is 232 g/mol. The molecule has 2 rings (SSSR count). The maximum Gasteiger partial charge on any atom is 0.240 e. The molecule has 2 aliphatic rings. The molecule has 1 amide bonds. The normalized spacial score (nSPS) is 24.7. The Morgan fingerprint density at radius 3 is 2.80 bits per heavy atom. The second kappa shape index (κ2) is 5.97. The van der Waals surface area contributed by atoms with Gasteiger partial charge >= 0.3 is 0 Å². The van der Waals surface area contributed by atoms with Crippen LogP contribution in [0.2, 0.25) is 0 Å². The molecule has 5 heteroatoms. The van der Waals surface area contributed by atoms with Gasteiger partial charge in [-0.05, 0) is 12.3 Å². The third-order valence-electron chi connectivity index (χ3n) is 2.96. The molecule has 1 unspecified atom stereocenters. The van der Waals surface area contributed by atoms with E-state index in [-0.39, 0.29) is 24.4 Å². The van der Waals surface area contributed by atoms with Crippen LogP contribution in [0.1, 0.15) is 19.3 Å². The quantitative estimate of drug-likeness (QED) is 0.817. The van der Waals surface area contributed by atoms with E-state index < -0.39 is 0 Å². The monoisotopic (exact) mass is 250 g/mol. The fraction of sp³-hybridized carbons (Fsp3) is 0.900. The molecule has 1 aliphatic heterocycles. The van der Waals surface area contributed by atoms with Crippen LogP contribution in [0.25, 0.3) is 0 Å². The van der Waals surface area contributed by atoms with Crippen molar-refractivity contribution in [3.05, 3.63) is 0 Å². The van der Waals surface area contributed by atoms with Crippen LogP contribution < -0.4 is 5.32 Å². The average molecular weight is 251 g/mol. The summed E-state index contributed by atoms with van der Waals surface area (Å²) >= 11 is 1.81. The molecule has 88 valence electrons. The van der Waals surface area contributed by atoms with E-state index in [1.54, 1.807) is 11.8 Å². The van der Waals surface area contributed by atoms with E-state index >= 15 is 0 Å². The first-order valence-corrected chi connectivity index (χ1v) is 6.49. The molecule has 1 saturated carbocycles. The summed E-state index contributed by atoms with van der Waals surface area (Å²) in [7, 11) is 1.93. The number of thioether (sulfide) groups is 1. The van der Waals surface area contributed by atoms with Gasteiger partial charge < -0.3 is 4.90 Å². The SMILES string of the molecule is CN(CCC1CC1)C(=O)C1CSCN1.Cl. The largest absolute Gasteiger partial charge is 0.344 e. The number of rotatable bonds is 4. The minimum atomic E-state index is 0. The highest BCUT2D eigenvalue weighted by atomic mass is 35.5. The van der Waals surface area contributed by atoms with Gasteiger partial charge in [0.15, 0.2) is 0 Å². The van der Waals surface area contributed by atoms with Gasteiger partial charge in [-0.15, -0.1) is 24.2 Å². The second-order valence-electron chi connectivity index (χ2n) is 4.26. The maximum absolute atomic E-state index is 11.8. The molecule has 1 aliphatic carbocycles. The van der Waals surface area contributed by atoms with Gasteiger partial charge in [0.25, 0.3) is 0 Å². The van der Waals surface area contributed by atoms with Crippen LogP contribution in [0.5, 0.6) is 0 Å². The van der Waals surface area contributed by atoms with Crippen molar-refractivity contribution >= 4 is 30.1 Å². The summed E-state index contributed by atoms with van der Waals surface area (Å²) in [5.74, 6) is 3.05. The minimum Gasteiger partial charge on any atom is -0.344 e. The number of likely N-dealkylation sites (N-methyl/N-ethyl adjacent to an activating group) is 1. The standard InChI is InChI=1S/C10H18N2OS.ClH/c1-12(5-4-8-2-3-8)10(13)9-6-14-7-11-9;/h8-9,11H,2-7H2,1H3;1H. The molecule has 0 aromatic rings. The fourth-order valence-electron chi connectivity index (χ4n) is 1.71. The highest BCUT2D eigenvalue weighted by Crippen LogP contribution is 2.32. The van der Waals surface area contributed by atoms with E-state index in [1.165, 1.54) is 19.3 Å². The van der Waals surface area contributed by atoms with Crippen LogP contribution >= 0.6 is 24.2 Å². The molecule has 0 spiro atoms. The maximum atomic E-state index is 11.8. The summed E-state index contributed by atoms with van der Waals surface area (Å²) < 4.78 is 0. The molecule has 1 saturated heterocycles. The van der Waals surface area contributed by atoms with E-state index in [9.17, 15) is 4.79 Å². The topological polar surface area (TPSA) is 32.3 Å². The van der Waals surface area contributed by atoms with Crippen LogP contribution in [-0.2, 0) is 4.79 Å². The van der Waals surface area contributed by atoms with Gasteiger partial charge in [0.1, 0.15) is 0 Å². The number of hydrogen-bond donors (Lipinski definition) is 1. The third-order valence-corrected chi connectivity index (χ3v) is 3.90. The molecule has 0 aromatic carbocycles. The van der Waals surface area contributed by atoms with E-state index in [2.05, 4.69) is 5.32 Å². The molecule has 15 heavy (non-hydrogen) atoms. The van der Waals surface area contributed by atoms with Gasteiger partial charge in [0.05, 0.1) is 6.04 Å². The van der Waals surface area contributed by atoms with Gasteiger partial charge in [-0.2, -0.15) is 0 Å². The van der Waals surface area contributed by atoms with Crippen molar-refractivity contribution in [3.63, 3.8) is 0 Å². The van der Waals surface area contributed by atoms with Crippen molar-refractivity contribution < 1.29 is 4.79 Å². The van der Waals surface area contributed by atoms with Crippen LogP contribution in [0, 0.1) is 5.92 Å². The van der Waals surface area contributed by atoms with E-state index in [0.29, 0.717) is 0 Å². The molecule has 3 nitrogen and oxygen atoms in total. The summed E-state index contributed by atoms with van der Waals surface area (Å²) in [6.07, 6.45) is 3.95. The van der Waals surface area contributed by atoms with Crippen molar-refractivity contribution in [1.82, 2.24) is 10.2 Å². The number of carbonyl (C=O) groups is 1. The van der Waals surface area contributed by atoms with Gasteiger partial charge in [-0.25, -0.2) is 0 Å². The Kier molecular flexibility index (Phi) is 5.23. The lowest BCUT2D eigenvalue weighted by molar-refractivity contribution is -0.131. The first-order chi connectivity index (χ1) is 6.77. The van der Waals surface area contributed by atoms with Crippen molar-refractivity contribution in [3.8, 4) is 0 Å². The highest BCUT2D eigenvalue weighted by Gasteiger charge is 2.27. The van der Waals surface area contributed by atoms with Crippen LogP contribution in [-0.4, -0.2) is 42.1 Å². The molecule has 1 atom stereocenters. The van der Waals surface area contributed by atoms with Crippen molar-refractivity contribution in [2.24, 2.45) is 5.92 Å². The van der Waals surface area contributed by atoms with Crippen molar-refractivity contribution in [1.29, 1.82) is 0 Å². The number of halogens is 1. The highest BCUT2D eigenvalue weighted by molar-refractivity contribution is 7.99. The van der Waals surface area contributed by atoms with Gasteiger partial charge in [0.2, 0.25) is 5.91 Å². The number of hydrogen-bond acceptors (Lipinski definition) is 3. The van der Waals surface area contributed by atoms with Crippen LogP contribution in [0.4, 0.5) is 0 Å². The zero-order valence-corrected chi connectivity index (χ0v) is 10.7. The Bertz CT molecular complexity index is 217. The zero-order valence-electron chi connectivity index (χ0n) is 9.07. The molecular formula is C10H19ClN2OS. The van der Waals surface area contributed by atoms with Gasteiger partial charge in [-0.1, -0.05) is 12.8 Å². The summed E-state index contributed by atoms with van der Waals surface area (Å²) in [5, 5.41) is 3.21. The molecule has 2 fully saturated rings. The predicted octanol–water partition coefficient (Wildman–Crippen LogP) is 1.33. The molecule has 0 bridgehead atoms. The molecule has 0 radical (unpaired) electrons. The first-order valence-electron chi connectivity index (χ1n) is 5.33. The average Bonchev–Trinajstić information content (AvgIpc) is 2.86. The van der Waals surface area contributed by atoms with Crippen molar-refractivity contribution in [2.75, 3.05) is 25.2 Å². The number of nitrogens with zero attached hydrogens (tertiary/aromatic N) is 1. The molecule has 1 heterocycles. The summed E-state index contributed by atoms with van der Waals surface area (Å²) in [6.45, 7) is 0.937. The second-order valence-corrected chi connectivity index (χ2v) is 5.29. The minimum absolute atomic E-state index is 0. The Morgan fingerprint density at radius 2 is 2.27 bits per heavy atom. The van der Waals surface area contributed by atoms with Crippen LogP contribution in [0.15, 0.2) is 0 Å². The van der Waals surface area contributed by atoms with Crippen LogP contribution in [0.3, 0.4) is 0 Å². The van der Waals surface area contributed by atoms with Gasteiger partial charge in [-0.3, -0.25) is 10.1 Å². The Balaban J connectivity index is 0.00000112. The fourth-order valence-corrected chi connectivity index (χ4v) is 2.65. The Hall–Kier alpha value is 0.0700. The third kappa shape index (κ3) is 3.85.